The highest BCUT2D eigenvalue weighted by atomic mass is 32.2. The van der Waals surface area contributed by atoms with E-state index >= 15 is 0 Å². The fourth-order valence-electron chi connectivity index (χ4n) is 1.89. The Hall–Kier alpha value is -1.27. The van der Waals surface area contributed by atoms with E-state index in [1.807, 2.05) is 19.1 Å². The van der Waals surface area contributed by atoms with Gasteiger partial charge in [-0.3, -0.25) is 4.31 Å². The number of hydrogen-bond acceptors (Lipinski definition) is 4. The first-order chi connectivity index (χ1) is 8.54. The van der Waals surface area contributed by atoms with Gasteiger partial charge >= 0.3 is 0 Å². The maximum Gasteiger partial charge on any atom is 0.237 e. The summed E-state index contributed by atoms with van der Waals surface area (Å²) in [5.41, 5.74) is 1.66. The molecule has 1 aromatic carbocycles. The normalized spacial score (nSPS) is 15.1. The second kappa shape index (κ2) is 5.16. The molecule has 1 heterocycles. The number of rotatable bonds is 4. The van der Waals surface area contributed by atoms with Crippen molar-refractivity contribution < 1.29 is 17.9 Å². The van der Waals surface area contributed by atoms with Crippen molar-refractivity contribution >= 4 is 15.7 Å². The first-order valence-corrected chi connectivity index (χ1v) is 7.38. The molecule has 0 aliphatic carbocycles. The third-order valence-electron chi connectivity index (χ3n) is 2.82. The number of nitrogens with zero attached hydrogens (tertiary/aromatic N) is 1. The topological polar surface area (TPSA) is 55.8 Å². The summed E-state index contributed by atoms with van der Waals surface area (Å²) in [6.07, 6.45) is 0. The summed E-state index contributed by atoms with van der Waals surface area (Å²) in [6, 6.07) is 5.52. The van der Waals surface area contributed by atoms with E-state index < -0.39 is 10.0 Å². The first kappa shape index (κ1) is 13.2. The highest BCUT2D eigenvalue weighted by Gasteiger charge is 2.28. The van der Waals surface area contributed by atoms with Crippen molar-refractivity contribution in [2.75, 3.05) is 36.9 Å². The third kappa shape index (κ3) is 2.59. The lowest BCUT2D eigenvalue weighted by Gasteiger charge is -2.30. The van der Waals surface area contributed by atoms with Gasteiger partial charge in [-0.2, -0.15) is 0 Å². The second-order valence-electron chi connectivity index (χ2n) is 4.20. The number of fused-ring (bicyclic) bond motifs is 1. The van der Waals surface area contributed by atoms with Gasteiger partial charge in [0.1, 0.15) is 12.4 Å². The lowest BCUT2D eigenvalue weighted by molar-refractivity contribution is 0.217. The SMILES string of the molecule is COCCS(=O)(=O)N1CCOc2cc(C)ccc21. The third-order valence-corrected chi connectivity index (χ3v) is 4.55. The van der Waals surface area contributed by atoms with Crippen LogP contribution in [0.3, 0.4) is 0 Å². The molecule has 5 nitrogen and oxygen atoms in total. The Morgan fingerprint density at radius 3 is 2.94 bits per heavy atom. The van der Waals surface area contributed by atoms with Gasteiger partial charge in [-0.05, 0) is 24.6 Å². The van der Waals surface area contributed by atoms with Crippen LogP contribution in [0.15, 0.2) is 18.2 Å². The van der Waals surface area contributed by atoms with Crippen molar-refractivity contribution in [3.63, 3.8) is 0 Å². The Labute approximate surface area is 107 Å². The molecule has 6 heteroatoms. The zero-order valence-corrected chi connectivity index (χ0v) is 11.4. The molecule has 1 aliphatic heterocycles. The molecule has 0 fully saturated rings. The number of ether oxygens (including phenoxy) is 2. The molecule has 18 heavy (non-hydrogen) atoms. The van der Waals surface area contributed by atoms with E-state index in [-0.39, 0.29) is 12.4 Å². The molecule has 0 aromatic heterocycles. The van der Waals surface area contributed by atoms with Gasteiger partial charge in [0.15, 0.2) is 0 Å². The van der Waals surface area contributed by atoms with Gasteiger partial charge in [-0.15, -0.1) is 0 Å². The second-order valence-corrected chi connectivity index (χ2v) is 6.21. The molecule has 0 radical (unpaired) electrons. The van der Waals surface area contributed by atoms with Crippen LogP contribution in [0.5, 0.6) is 5.75 Å². The van der Waals surface area contributed by atoms with E-state index in [0.717, 1.165) is 5.56 Å². The Kier molecular flexibility index (Phi) is 3.77. The van der Waals surface area contributed by atoms with Crippen molar-refractivity contribution in [1.82, 2.24) is 0 Å². The van der Waals surface area contributed by atoms with Gasteiger partial charge in [0.25, 0.3) is 0 Å². The molecular formula is C12H17NO4S. The average molecular weight is 271 g/mol. The summed E-state index contributed by atoms with van der Waals surface area (Å²) < 4.78 is 36.1. The molecule has 0 spiro atoms. The monoisotopic (exact) mass is 271 g/mol. The van der Waals surface area contributed by atoms with Crippen LogP contribution in [-0.2, 0) is 14.8 Å². The van der Waals surface area contributed by atoms with Crippen molar-refractivity contribution in [3.8, 4) is 5.75 Å². The quantitative estimate of drug-likeness (QED) is 0.825. The number of hydrogen-bond donors (Lipinski definition) is 0. The molecular weight excluding hydrogens is 254 g/mol. The fourth-order valence-corrected chi connectivity index (χ4v) is 3.29. The minimum atomic E-state index is -3.34. The van der Waals surface area contributed by atoms with Gasteiger partial charge in [0.2, 0.25) is 10.0 Å². The van der Waals surface area contributed by atoms with Crippen LogP contribution in [0, 0.1) is 6.92 Å². The Morgan fingerprint density at radius 1 is 1.44 bits per heavy atom. The zero-order chi connectivity index (χ0) is 13.2. The van der Waals surface area contributed by atoms with Crippen LogP contribution in [0.4, 0.5) is 5.69 Å². The molecule has 1 aromatic rings. The minimum absolute atomic E-state index is 0.0170. The molecule has 2 rings (SSSR count). The summed E-state index contributed by atoms with van der Waals surface area (Å²) in [4.78, 5) is 0. The average Bonchev–Trinajstić information content (AvgIpc) is 2.35. The highest BCUT2D eigenvalue weighted by Crippen LogP contribution is 2.34. The smallest absolute Gasteiger partial charge is 0.237 e. The molecule has 0 N–H and O–H groups in total. The number of methoxy groups -OCH3 is 1. The Bertz CT molecular complexity index is 527. The van der Waals surface area contributed by atoms with Crippen LogP contribution >= 0.6 is 0 Å². The van der Waals surface area contributed by atoms with Crippen LogP contribution in [0.1, 0.15) is 5.56 Å². The number of aryl methyl sites for hydroxylation is 1. The lowest BCUT2D eigenvalue weighted by Crippen LogP contribution is -2.40. The van der Waals surface area contributed by atoms with Crippen molar-refractivity contribution in [2.24, 2.45) is 0 Å². The van der Waals surface area contributed by atoms with Gasteiger partial charge < -0.3 is 9.47 Å². The summed E-state index contributed by atoms with van der Waals surface area (Å²) in [5, 5.41) is 0. The van der Waals surface area contributed by atoms with Gasteiger partial charge in [-0.25, -0.2) is 8.42 Å². The van der Waals surface area contributed by atoms with Gasteiger partial charge in [0.05, 0.1) is 24.6 Å². The van der Waals surface area contributed by atoms with E-state index in [4.69, 9.17) is 9.47 Å². The molecule has 1 aliphatic rings. The van der Waals surface area contributed by atoms with Crippen LogP contribution in [0.25, 0.3) is 0 Å². The molecule has 0 bridgehead atoms. The van der Waals surface area contributed by atoms with Gasteiger partial charge in [0, 0.05) is 7.11 Å². The summed E-state index contributed by atoms with van der Waals surface area (Å²) in [7, 11) is -1.85. The Morgan fingerprint density at radius 2 is 2.22 bits per heavy atom. The fraction of sp³-hybridized carbons (Fsp3) is 0.500. The largest absolute Gasteiger partial charge is 0.489 e. The number of anilines is 1. The standard InChI is InChI=1S/C12H17NO4S/c1-10-3-4-11-12(9-10)17-6-5-13(11)18(14,15)8-7-16-2/h3-4,9H,5-8H2,1-2H3. The predicted molar refractivity (Wildman–Crippen MR) is 69.7 cm³/mol. The molecule has 0 unspecified atom stereocenters. The zero-order valence-electron chi connectivity index (χ0n) is 10.5. The van der Waals surface area contributed by atoms with E-state index in [2.05, 4.69) is 0 Å². The first-order valence-electron chi connectivity index (χ1n) is 5.77. The van der Waals surface area contributed by atoms with E-state index in [0.29, 0.717) is 24.6 Å². The highest BCUT2D eigenvalue weighted by molar-refractivity contribution is 7.92. The molecule has 0 atom stereocenters. The number of benzene rings is 1. The molecule has 0 saturated heterocycles. The van der Waals surface area contributed by atoms with Crippen molar-refractivity contribution in [1.29, 1.82) is 0 Å². The molecule has 0 amide bonds. The minimum Gasteiger partial charge on any atom is -0.489 e. The number of sulfonamides is 1. The van der Waals surface area contributed by atoms with E-state index in [1.165, 1.54) is 11.4 Å². The van der Waals surface area contributed by atoms with Crippen LogP contribution < -0.4 is 9.04 Å². The van der Waals surface area contributed by atoms with Gasteiger partial charge in [-0.1, -0.05) is 6.07 Å². The summed E-state index contributed by atoms with van der Waals surface area (Å²) >= 11 is 0. The maximum atomic E-state index is 12.2. The van der Waals surface area contributed by atoms with Crippen molar-refractivity contribution in [2.45, 2.75) is 6.92 Å². The van der Waals surface area contributed by atoms with Crippen LogP contribution in [0.2, 0.25) is 0 Å². The maximum absolute atomic E-state index is 12.2. The van der Waals surface area contributed by atoms with Crippen LogP contribution in [-0.4, -0.2) is 41.0 Å². The van der Waals surface area contributed by atoms with E-state index in [9.17, 15) is 8.42 Å². The van der Waals surface area contributed by atoms with E-state index in [1.54, 1.807) is 6.07 Å². The molecule has 100 valence electrons. The Balaban J connectivity index is 2.33. The summed E-state index contributed by atoms with van der Waals surface area (Å²) in [5.74, 6) is 0.610. The lowest BCUT2D eigenvalue weighted by atomic mass is 10.2. The summed E-state index contributed by atoms with van der Waals surface area (Å²) in [6.45, 7) is 2.87. The predicted octanol–water partition coefficient (Wildman–Crippen LogP) is 1.17. The molecule has 0 saturated carbocycles. The van der Waals surface area contributed by atoms with Crippen molar-refractivity contribution in [3.05, 3.63) is 23.8 Å².